The number of nitrogens with zero attached hydrogens (tertiary/aromatic N) is 4. The topological polar surface area (TPSA) is 109 Å². The van der Waals surface area contributed by atoms with Crippen LogP contribution in [0.4, 0.5) is 10.1 Å². The number of aromatic nitrogens is 5. The first kappa shape index (κ1) is 19.4. The highest BCUT2D eigenvalue weighted by molar-refractivity contribution is 5.96. The molecule has 5 rings (SSSR count). The van der Waals surface area contributed by atoms with Gasteiger partial charge in [-0.15, -0.1) is 0 Å². The molecule has 0 radical (unpaired) electrons. The summed E-state index contributed by atoms with van der Waals surface area (Å²) in [5, 5.41) is 24.8. The Morgan fingerprint density at radius 3 is 2.87 bits per heavy atom. The number of aliphatic hydroxyl groups excluding tert-OH is 1. The maximum absolute atomic E-state index is 14.3. The average molecular weight is 420 g/mol. The van der Waals surface area contributed by atoms with Gasteiger partial charge >= 0.3 is 0 Å². The highest BCUT2D eigenvalue weighted by Crippen LogP contribution is 2.43. The molecular weight excluding hydrogens is 399 g/mol. The van der Waals surface area contributed by atoms with Gasteiger partial charge in [0, 0.05) is 36.7 Å². The van der Waals surface area contributed by atoms with Gasteiger partial charge in [0.25, 0.3) is 5.56 Å². The quantitative estimate of drug-likeness (QED) is 0.457. The number of hydrogen-bond donors (Lipinski definition) is 3. The van der Waals surface area contributed by atoms with Crippen LogP contribution in [0.5, 0.6) is 0 Å². The van der Waals surface area contributed by atoms with Crippen molar-refractivity contribution < 1.29 is 9.50 Å². The number of H-pyrrole nitrogens is 1. The van der Waals surface area contributed by atoms with E-state index in [1.807, 2.05) is 30.3 Å². The predicted molar refractivity (Wildman–Crippen MR) is 114 cm³/mol. The fraction of sp³-hybridized carbons (Fsp3) is 0.273. The van der Waals surface area contributed by atoms with Gasteiger partial charge in [0.05, 0.1) is 17.0 Å². The van der Waals surface area contributed by atoms with Crippen LogP contribution in [0.25, 0.3) is 10.8 Å². The fourth-order valence-corrected chi connectivity index (χ4v) is 4.40. The Kier molecular flexibility index (Phi) is 4.95. The van der Waals surface area contributed by atoms with E-state index in [0.29, 0.717) is 42.1 Å². The lowest BCUT2D eigenvalue weighted by Gasteiger charge is -2.25. The van der Waals surface area contributed by atoms with E-state index in [9.17, 15) is 14.3 Å². The number of aryl methyl sites for hydroxylation is 1. The van der Waals surface area contributed by atoms with Crippen LogP contribution in [-0.2, 0) is 6.54 Å². The van der Waals surface area contributed by atoms with Gasteiger partial charge in [0.2, 0.25) is 0 Å². The normalized spacial score (nSPS) is 18.0. The second-order valence-corrected chi connectivity index (χ2v) is 7.61. The van der Waals surface area contributed by atoms with Crippen molar-refractivity contribution in [3.8, 4) is 0 Å². The minimum absolute atomic E-state index is 0.0386. The van der Waals surface area contributed by atoms with Gasteiger partial charge in [0.1, 0.15) is 18.0 Å². The van der Waals surface area contributed by atoms with Gasteiger partial charge in [-0.3, -0.25) is 4.79 Å². The van der Waals surface area contributed by atoms with Gasteiger partial charge in [0.15, 0.2) is 0 Å². The van der Waals surface area contributed by atoms with E-state index in [4.69, 9.17) is 0 Å². The number of aromatic amines is 1. The minimum Gasteiger partial charge on any atom is -0.396 e. The molecule has 0 aliphatic carbocycles. The van der Waals surface area contributed by atoms with Gasteiger partial charge in [-0.05, 0) is 24.1 Å². The Morgan fingerprint density at radius 1 is 1.23 bits per heavy atom. The van der Waals surface area contributed by atoms with E-state index in [1.54, 1.807) is 4.68 Å². The van der Waals surface area contributed by atoms with Crippen LogP contribution in [0, 0.1) is 5.82 Å². The van der Waals surface area contributed by atoms with Crippen LogP contribution in [0.2, 0.25) is 0 Å². The van der Waals surface area contributed by atoms with Crippen LogP contribution >= 0.6 is 0 Å². The van der Waals surface area contributed by atoms with Crippen LogP contribution in [0.3, 0.4) is 0 Å². The zero-order valence-electron chi connectivity index (χ0n) is 16.6. The van der Waals surface area contributed by atoms with E-state index >= 15 is 0 Å². The third-order valence-electron chi connectivity index (χ3n) is 5.77. The first-order valence-corrected chi connectivity index (χ1v) is 10.2. The lowest BCUT2D eigenvalue weighted by Crippen LogP contribution is -2.24. The Bertz CT molecular complexity index is 1290. The number of halogens is 1. The standard InChI is InChI=1S/C22H21FN6O2/c23-14-9-15-18-17(10-14)24-11-16(13-5-2-1-3-6-13)19(20(18)27-28-22(15)31)21-25-12-26-29(21)7-4-8-30/h1-3,5-6,9-10,12,16,19,24,30H,4,7-8,11H2,(H,28,31). The number of nitrogens with one attached hydrogen (secondary N) is 2. The second kappa shape index (κ2) is 7.92. The van der Waals surface area contributed by atoms with Gasteiger partial charge in [-0.25, -0.2) is 19.2 Å². The van der Waals surface area contributed by atoms with E-state index in [-0.39, 0.29) is 23.8 Å². The van der Waals surface area contributed by atoms with E-state index in [1.165, 1.54) is 18.5 Å². The van der Waals surface area contributed by atoms with Gasteiger partial charge in [-0.2, -0.15) is 10.2 Å². The zero-order chi connectivity index (χ0) is 21.4. The van der Waals surface area contributed by atoms with Crippen molar-refractivity contribution in [2.75, 3.05) is 18.5 Å². The molecule has 2 aromatic carbocycles. The Hall–Kier alpha value is -3.59. The summed E-state index contributed by atoms with van der Waals surface area (Å²) in [5.41, 5.74) is 1.77. The molecule has 3 N–H and O–H groups in total. The van der Waals surface area contributed by atoms with Gasteiger partial charge < -0.3 is 10.4 Å². The van der Waals surface area contributed by atoms with Crippen molar-refractivity contribution >= 4 is 16.5 Å². The van der Waals surface area contributed by atoms with Crippen molar-refractivity contribution in [2.24, 2.45) is 0 Å². The smallest absolute Gasteiger partial charge is 0.272 e. The highest BCUT2D eigenvalue weighted by atomic mass is 19.1. The molecule has 3 heterocycles. The van der Waals surface area contributed by atoms with Crippen LogP contribution in [-0.4, -0.2) is 43.2 Å². The molecule has 0 bridgehead atoms. The summed E-state index contributed by atoms with van der Waals surface area (Å²) >= 11 is 0. The maximum atomic E-state index is 14.3. The lowest BCUT2D eigenvalue weighted by molar-refractivity contribution is 0.275. The molecule has 0 amide bonds. The first-order valence-electron chi connectivity index (χ1n) is 10.2. The van der Waals surface area contributed by atoms with Crippen LogP contribution in [0.1, 0.15) is 35.3 Å². The molecule has 1 aliphatic heterocycles. The minimum atomic E-state index is -0.488. The molecular formula is C22H21FN6O2. The molecule has 0 saturated carbocycles. The average Bonchev–Trinajstić information content (AvgIpc) is 3.18. The summed E-state index contributed by atoms with van der Waals surface area (Å²) in [5.74, 6) is -0.252. The highest BCUT2D eigenvalue weighted by Gasteiger charge is 2.36. The summed E-state index contributed by atoms with van der Waals surface area (Å²) in [6.45, 7) is 1.03. The summed E-state index contributed by atoms with van der Waals surface area (Å²) in [4.78, 5) is 17.0. The molecule has 8 nitrogen and oxygen atoms in total. The maximum Gasteiger partial charge on any atom is 0.272 e. The summed E-state index contributed by atoms with van der Waals surface area (Å²) < 4.78 is 16.1. The first-order chi connectivity index (χ1) is 15.2. The SMILES string of the molecule is O=c1[nH]nc2c3c(cc(F)cc13)NCC(c1ccccc1)C2c1ncnn1CCCO. The number of hydrogen-bond acceptors (Lipinski definition) is 6. The summed E-state index contributed by atoms with van der Waals surface area (Å²) in [7, 11) is 0. The number of benzene rings is 2. The molecule has 4 aromatic rings. The zero-order valence-corrected chi connectivity index (χ0v) is 16.6. The van der Waals surface area contributed by atoms with Crippen molar-refractivity contribution in [1.82, 2.24) is 25.0 Å². The molecule has 31 heavy (non-hydrogen) atoms. The van der Waals surface area contributed by atoms with Gasteiger partial charge in [-0.1, -0.05) is 30.3 Å². The number of aliphatic hydroxyl groups is 1. The Labute approximate surface area is 176 Å². The summed E-state index contributed by atoms with van der Waals surface area (Å²) in [6.07, 6.45) is 2.02. The number of rotatable bonds is 5. The predicted octanol–water partition coefficient (Wildman–Crippen LogP) is 2.38. The molecule has 158 valence electrons. The molecule has 2 aromatic heterocycles. The molecule has 2 atom stereocenters. The molecule has 0 saturated heterocycles. The molecule has 9 heteroatoms. The van der Waals surface area contributed by atoms with E-state index < -0.39 is 11.4 Å². The van der Waals surface area contributed by atoms with Crippen LogP contribution in [0.15, 0.2) is 53.6 Å². The lowest BCUT2D eigenvalue weighted by atomic mass is 9.82. The molecule has 2 unspecified atom stereocenters. The monoisotopic (exact) mass is 420 g/mol. The Balaban J connectivity index is 1.78. The molecule has 0 spiro atoms. The fourth-order valence-electron chi connectivity index (χ4n) is 4.40. The van der Waals surface area contributed by atoms with Crippen molar-refractivity contribution in [3.63, 3.8) is 0 Å². The Morgan fingerprint density at radius 2 is 2.06 bits per heavy atom. The van der Waals surface area contributed by atoms with E-state index in [0.717, 1.165) is 5.56 Å². The summed E-state index contributed by atoms with van der Waals surface area (Å²) in [6, 6.07) is 12.6. The van der Waals surface area contributed by atoms with E-state index in [2.05, 4.69) is 25.6 Å². The van der Waals surface area contributed by atoms with Crippen molar-refractivity contribution in [2.45, 2.75) is 24.8 Å². The third kappa shape index (κ3) is 3.36. The second-order valence-electron chi connectivity index (χ2n) is 7.61. The molecule has 0 fully saturated rings. The van der Waals surface area contributed by atoms with Crippen molar-refractivity contribution in [1.29, 1.82) is 0 Å². The molecule has 1 aliphatic rings. The number of anilines is 1. The van der Waals surface area contributed by atoms with Crippen LogP contribution < -0.4 is 10.9 Å². The third-order valence-corrected chi connectivity index (χ3v) is 5.77. The largest absolute Gasteiger partial charge is 0.396 e. The van der Waals surface area contributed by atoms with Crippen molar-refractivity contribution in [3.05, 3.63) is 82.0 Å².